The molecule has 6 atom stereocenters. The van der Waals surface area contributed by atoms with Crippen LogP contribution in [0.1, 0.15) is 103 Å². The molecular weight excluding hydrogens is 735 g/mol. The molecule has 0 aromatic heterocycles. The summed E-state index contributed by atoms with van der Waals surface area (Å²) in [6.07, 6.45) is 4.70. The Hall–Kier alpha value is -3.51. The number of ketones is 3. The van der Waals surface area contributed by atoms with Gasteiger partial charge in [-0.2, -0.15) is 0 Å². The normalized spacial score (nSPS) is 23.6. The fourth-order valence-corrected chi connectivity index (χ4v) is 8.90. The highest BCUT2D eigenvalue weighted by atomic mass is 35.5. The quantitative estimate of drug-likeness (QED) is 0.168. The van der Waals surface area contributed by atoms with Crippen LogP contribution in [-0.2, 0) is 33.5 Å². The molecule has 54 heavy (non-hydrogen) atoms. The first-order chi connectivity index (χ1) is 25.4. The van der Waals surface area contributed by atoms with Crippen molar-refractivity contribution in [3.63, 3.8) is 0 Å². The predicted molar refractivity (Wildman–Crippen MR) is 202 cm³/mol. The van der Waals surface area contributed by atoms with Crippen molar-refractivity contribution in [3.05, 3.63) is 35.9 Å². The SMILES string of the molecule is CN(C)C(=O)[C@@H](NC(=O)CCC(=O)C(=O)C(CC(=O)[C@@H]1[C@@H]2[C@H](CN1C(=O)[C@@H](NC(=O)OC(C)(C)C)C1CCCCC1)C2(Cl)Cl)CC1CC1)c1ccccc1. The molecule has 0 radical (unpaired) electrons. The number of carbonyl (C=O) groups is 7. The molecule has 2 N–H and O–H groups in total. The molecule has 5 rings (SSSR count). The maximum Gasteiger partial charge on any atom is 0.408 e. The predicted octanol–water partition coefficient (Wildman–Crippen LogP) is 5.33. The van der Waals surface area contributed by atoms with E-state index in [2.05, 4.69) is 10.6 Å². The molecule has 1 aliphatic heterocycles. The number of alkyl carbamates (subject to hydrolysis) is 1. The number of carbonyl (C=O) groups excluding carboxylic acids is 7. The van der Waals surface area contributed by atoms with E-state index in [1.807, 2.05) is 0 Å². The zero-order chi connectivity index (χ0) is 39.5. The van der Waals surface area contributed by atoms with Gasteiger partial charge in [0.2, 0.25) is 23.5 Å². The van der Waals surface area contributed by atoms with Gasteiger partial charge in [-0.15, -0.1) is 23.2 Å². The number of ether oxygens (including phenoxy) is 1. The van der Waals surface area contributed by atoms with Gasteiger partial charge in [-0.05, 0) is 57.4 Å². The van der Waals surface area contributed by atoms with Crippen LogP contribution in [0.2, 0.25) is 0 Å². The number of benzene rings is 1. The second-order valence-electron chi connectivity index (χ2n) is 16.7. The van der Waals surface area contributed by atoms with Crippen molar-refractivity contribution in [1.82, 2.24) is 20.4 Å². The van der Waals surface area contributed by atoms with Crippen LogP contribution < -0.4 is 10.6 Å². The third-order valence-electron chi connectivity index (χ3n) is 11.1. The Balaban J connectivity index is 1.27. The van der Waals surface area contributed by atoms with Crippen molar-refractivity contribution >= 4 is 64.4 Å². The van der Waals surface area contributed by atoms with Gasteiger partial charge in [0.15, 0.2) is 11.6 Å². The molecule has 14 heteroatoms. The average Bonchev–Trinajstić information content (AvgIpc) is 3.98. The van der Waals surface area contributed by atoms with Crippen LogP contribution in [0, 0.1) is 29.6 Å². The third kappa shape index (κ3) is 10.2. The summed E-state index contributed by atoms with van der Waals surface area (Å²) in [5.41, 5.74) is -0.203. The van der Waals surface area contributed by atoms with E-state index in [1.165, 1.54) is 9.80 Å². The van der Waals surface area contributed by atoms with E-state index in [0.717, 1.165) is 44.9 Å². The highest BCUT2D eigenvalue weighted by Gasteiger charge is 2.73. The molecule has 296 valence electrons. The largest absolute Gasteiger partial charge is 0.444 e. The lowest BCUT2D eigenvalue weighted by Crippen LogP contribution is -2.57. The van der Waals surface area contributed by atoms with Crippen molar-refractivity contribution in [3.8, 4) is 0 Å². The Bertz CT molecular complexity index is 1600. The highest BCUT2D eigenvalue weighted by molar-refractivity contribution is 6.51. The van der Waals surface area contributed by atoms with E-state index in [0.29, 0.717) is 12.0 Å². The third-order valence-corrected chi connectivity index (χ3v) is 12.2. The fraction of sp³-hybridized carbons (Fsp3) is 0.675. The topological polar surface area (TPSA) is 159 Å². The Morgan fingerprint density at radius 1 is 0.926 bits per heavy atom. The lowest BCUT2D eigenvalue weighted by Gasteiger charge is -2.37. The number of fused-ring (bicyclic) bond motifs is 1. The van der Waals surface area contributed by atoms with Crippen LogP contribution in [0.25, 0.3) is 0 Å². The molecule has 3 aliphatic carbocycles. The van der Waals surface area contributed by atoms with E-state index in [-0.39, 0.29) is 49.5 Å². The minimum absolute atomic E-state index is 0.127. The molecule has 4 aliphatic rings. The minimum Gasteiger partial charge on any atom is -0.444 e. The number of halogens is 2. The van der Waals surface area contributed by atoms with Gasteiger partial charge in [-0.25, -0.2) is 4.79 Å². The summed E-state index contributed by atoms with van der Waals surface area (Å²) in [5.74, 6) is -5.03. The van der Waals surface area contributed by atoms with Gasteiger partial charge in [0.25, 0.3) is 0 Å². The van der Waals surface area contributed by atoms with Gasteiger partial charge < -0.3 is 25.2 Å². The second-order valence-corrected chi connectivity index (χ2v) is 18.2. The zero-order valence-electron chi connectivity index (χ0n) is 31.9. The number of hydrogen-bond acceptors (Lipinski definition) is 8. The summed E-state index contributed by atoms with van der Waals surface area (Å²) in [6.45, 7) is 5.34. The number of amides is 4. The minimum atomic E-state index is -1.22. The lowest BCUT2D eigenvalue weighted by atomic mass is 9.82. The number of hydrogen-bond donors (Lipinski definition) is 2. The highest BCUT2D eigenvalue weighted by Crippen LogP contribution is 2.65. The lowest BCUT2D eigenvalue weighted by molar-refractivity contribution is -0.144. The van der Waals surface area contributed by atoms with Crippen molar-refractivity contribution in [1.29, 1.82) is 0 Å². The molecule has 1 aromatic rings. The summed E-state index contributed by atoms with van der Waals surface area (Å²) >= 11 is 13.3. The van der Waals surface area contributed by atoms with Crippen LogP contribution in [0.3, 0.4) is 0 Å². The van der Waals surface area contributed by atoms with Crippen molar-refractivity contribution in [2.75, 3.05) is 20.6 Å². The maximum absolute atomic E-state index is 14.4. The molecule has 3 saturated carbocycles. The smallest absolute Gasteiger partial charge is 0.408 e. The number of alkyl halides is 2. The monoisotopic (exact) mass is 788 g/mol. The van der Waals surface area contributed by atoms with Crippen LogP contribution in [0.15, 0.2) is 30.3 Å². The molecule has 1 aromatic carbocycles. The standard InChI is InChI=1S/C40H54Cl2N4O8/c1-39(2,3)54-38(53)44-33(25-14-10-7-11-15-25)37(52)46-22-27-31(40(27,41)42)34(46)29(48)21-26(20-23-16-17-23)35(50)28(47)18-19-30(49)43-32(36(51)45(4)5)24-12-8-6-9-13-24/h6,8-9,12-13,23,25-27,31-34H,7,10-11,14-22H2,1-5H3,(H,43,49)(H,44,53)/t26?,27-,31-,32-,33-,34+/m0/s1. The number of nitrogens with one attached hydrogen (secondary N) is 2. The molecule has 1 heterocycles. The number of likely N-dealkylation sites (N-methyl/N-ethyl adjacent to an activating group) is 1. The van der Waals surface area contributed by atoms with Gasteiger partial charge in [0.1, 0.15) is 22.0 Å². The van der Waals surface area contributed by atoms with E-state index in [1.54, 1.807) is 65.2 Å². The number of piperidine rings is 1. The van der Waals surface area contributed by atoms with Gasteiger partial charge in [-0.1, -0.05) is 62.4 Å². The van der Waals surface area contributed by atoms with Crippen molar-refractivity contribution in [2.45, 2.75) is 119 Å². The Labute approximate surface area is 327 Å². The van der Waals surface area contributed by atoms with Crippen LogP contribution >= 0.6 is 23.2 Å². The molecule has 1 saturated heterocycles. The molecule has 0 spiro atoms. The number of Topliss-reactive ketones (excluding diaryl/α,β-unsaturated/α-hetero) is 3. The first-order valence-corrected chi connectivity index (χ1v) is 20.0. The Morgan fingerprint density at radius 2 is 1.57 bits per heavy atom. The zero-order valence-corrected chi connectivity index (χ0v) is 33.4. The summed E-state index contributed by atoms with van der Waals surface area (Å²) in [5, 5.41) is 5.50. The van der Waals surface area contributed by atoms with Crippen molar-refractivity contribution < 1.29 is 38.3 Å². The van der Waals surface area contributed by atoms with Crippen molar-refractivity contribution in [2.24, 2.45) is 29.6 Å². The van der Waals surface area contributed by atoms with Crippen LogP contribution in [0.4, 0.5) is 4.79 Å². The Morgan fingerprint density at radius 3 is 2.17 bits per heavy atom. The summed E-state index contributed by atoms with van der Waals surface area (Å²) < 4.78 is 4.28. The molecule has 4 fully saturated rings. The number of nitrogens with zero attached hydrogens (tertiary/aromatic N) is 2. The van der Waals surface area contributed by atoms with Gasteiger partial charge in [-0.3, -0.25) is 28.8 Å². The second kappa shape index (κ2) is 17.1. The van der Waals surface area contributed by atoms with E-state index in [4.69, 9.17) is 27.9 Å². The molecular formula is C40H54Cl2N4O8. The van der Waals surface area contributed by atoms with Crippen LogP contribution in [-0.4, -0.2) is 93.6 Å². The van der Waals surface area contributed by atoms with E-state index >= 15 is 0 Å². The number of likely N-dealkylation sites (tertiary alicyclic amines) is 1. The molecule has 4 amide bonds. The molecule has 0 bridgehead atoms. The Kier molecular flexibility index (Phi) is 13.2. The summed E-state index contributed by atoms with van der Waals surface area (Å²) in [7, 11) is 3.16. The maximum atomic E-state index is 14.4. The van der Waals surface area contributed by atoms with Gasteiger partial charge in [0.05, 0.1) is 6.04 Å². The van der Waals surface area contributed by atoms with E-state index < -0.39 is 75.2 Å². The van der Waals surface area contributed by atoms with Gasteiger partial charge >= 0.3 is 6.09 Å². The summed E-state index contributed by atoms with van der Waals surface area (Å²) in [4.78, 5) is 97.4. The molecule has 1 unspecified atom stereocenters. The molecule has 12 nitrogen and oxygen atoms in total. The van der Waals surface area contributed by atoms with Gasteiger partial charge in [0, 0.05) is 57.7 Å². The average molecular weight is 790 g/mol. The number of rotatable bonds is 16. The first kappa shape index (κ1) is 41.6. The van der Waals surface area contributed by atoms with Crippen LogP contribution in [0.5, 0.6) is 0 Å². The summed E-state index contributed by atoms with van der Waals surface area (Å²) in [6, 6.07) is 5.83. The van der Waals surface area contributed by atoms with E-state index in [9.17, 15) is 33.6 Å². The fourth-order valence-electron chi connectivity index (χ4n) is 8.07. The first-order valence-electron chi connectivity index (χ1n) is 19.2.